The predicted molar refractivity (Wildman–Crippen MR) is 94.0 cm³/mol. The third-order valence-electron chi connectivity index (χ3n) is 4.15. The highest BCUT2D eigenvalue weighted by atomic mass is 32.2. The van der Waals surface area contributed by atoms with Crippen LogP contribution in [0, 0.1) is 0 Å². The van der Waals surface area contributed by atoms with Gasteiger partial charge >= 0.3 is 0 Å². The molecule has 0 saturated heterocycles. The van der Waals surface area contributed by atoms with Gasteiger partial charge in [-0.3, -0.25) is 0 Å². The maximum Gasteiger partial charge on any atom is 0.250 e. The molecule has 0 fully saturated rings. The molecule has 0 amide bonds. The highest BCUT2D eigenvalue weighted by Gasteiger charge is 2.28. The second-order valence-corrected chi connectivity index (χ2v) is 7.81. The molecule has 5 heteroatoms. The summed E-state index contributed by atoms with van der Waals surface area (Å²) in [6.45, 7) is 2.17. The first-order valence-electron chi connectivity index (χ1n) is 8.20. The molecule has 1 aromatic carbocycles. The van der Waals surface area contributed by atoms with Gasteiger partial charge in [0.15, 0.2) is 0 Å². The Labute approximate surface area is 137 Å². The molecule has 0 bridgehead atoms. The minimum atomic E-state index is -3.51. The van der Waals surface area contributed by atoms with Crippen molar-refractivity contribution in [3.8, 4) is 0 Å². The molecular formula is C18H22N2O2S. The third kappa shape index (κ3) is 3.11. The summed E-state index contributed by atoms with van der Waals surface area (Å²) in [5, 5.41) is -0.602. The van der Waals surface area contributed by atoms with Crippen LogP contribution in [-0.2, 0) is 16.4 Å². The number of para-hydroxylation sites is 2. The number of imidazole rings is 1. The summed E-state index contributed by atoms with van der Waals surface area (Å²) in [4.78, 5) is 4.58. The van der Waals surface area contributed by atoms with Gasteiger partial charge in [-0.1, -0.05) is 62.6 Å². The summed E-state index contributed by atoms with van der Waals surface area (Å²) < 4.78 is 27.5. The van der Waals surface area contributed by atoms with E-state index in [-0.39, 0.29) is 0 Å². The fourth-order valence-corrected chi connectivity index (χ4v) is 4.61. The van der Waals surface area contributed by atoms with Gasteiger partial charge in [0.25, 0.3) is 10.0 Å². The number of allylic oxidation sites excluding steroid dienone is 2. The van der Waals surface area contributed by atoms with E-state index in [0.717, 1.165) is 24.8 Å². The number of fused-ring (bicyclic) bond motifs is 1. The first kappa shape index (κ1) is 16.0. The van der Waals surface area contributed by atoms with Crippen LogP contribution in [0.3, 0.4) is 0 Å². The number of benzene rings is 1. The van der Waals surface area contributed by atoms with Crippen molar-refractivity contribution in [2.45, 2.75) is 44.3 Å². The Hall–Kier alpha value is -1.88. The van der Waals surface area contributed by atoms with E-state index in [1.54, 1.807) is 24.3 Å². The van der Waals surface area contributed by atoms with Crippen molar-refractivity contribution in [3.05, 3.63) is 54.4 Å². The second-order valence-electron chi connectivity index (χ2n) is 5.87. The summed E-state index contributed by atoms with van der Waals surface area (Å²) in [7, 11) is -3.51. The maximum absolute atomic E-state index is 13.0. The van der Waals surface area contributed by atoms with Gasteiger partial charge in [0.2, 0.25) is 0 Å². The molecule has 4 nitrogen and oxygen atoms in total. The Morgan fingerprint density at radius 1 is 1.09 bits per heavy atom. The molecule has 0 aliphatic heterocycles. The molecule has 0 saturated carbocycles. The smallest absolute Gasteiger partial charge is 0.232 e. The Bertz CT molecular complexity index is 835. The molecule has 1 aliphatic rings. The number of unbranched alkanes of at least 4 members (excludes halogenated alkanes) is 3. The van der Waals surface area contributed by atoms with Crippen molar-refractivity contribution in [1.29, 1.82) is 0 Å². The zero-order valence-electron chi connectivity index (χ0n) is 13.4. The lowest BCUT2D eigenvalue weighted by Crippen LogP contribution is -2.25. The average molecular weight is 330 g/mol. The van der Waals surface area contributed by atoms with Crippen LogP contribution >= 0.6 is 0 Å². The van der Waals surface area contributed by atoms with Crippen molar-refractivity contribution in [3.63, 3.8) is 0 Å². The third-order valence-corrected chi connectivity index (χ3v) is 6.07. The lowest BCUT2D eigenvalue weighted by molar-refractivity contribution is 0.581. The van der Waals surface area contributed by atoms with Gasteiger partial charge < -0.3 is 0 Å². The number of nitrogens with zero attached hydrogens (tertiary/aromatic N) is 2. The molecule has 0 unspecified atom stereocenters. The van der Waals surface area contributed by atoms with Gasteiger partial charge in [-0.05, 0) is 18.6 Å². The zero-order chi connectivity index (χ0) is 16.3. The van der Waals surface area contributed by atoms with Gasteiger partial charge in [0.1, 0.15) is 11.1 Å². The van der Waals surface area contributed by atoms with Crippen LogP contribution in [0.25, 0.3) is 11.0 Å². The molecule has 0 N–H and O–H groups in total. The monoisotopic (exact) mass is 330 g/mol. The molecular weight excluding hydrogens is 308 g/mol. The SMILES string of the molecule is CCCCCCc1nc2ccccc2n1S(=O)(=O)C1C=CC=C1. The van der Waals surface area contributed by atoms with Crippen LogP contribution in [0.4, 0.5) is 0 Å². The van der Waals surface area contributed by atoms with Gasteiger partial charge in [-0.2, -0.15) is 0 Å². The first-order chi connectivity index (χ1) is 11.1. The minimum Gasteiger partial charge on any atom is -0.232 e. The molecule has 23 heavy (non-hydrogen) atoms. The van der Waals surface area contributed by atoms with Crippen molar-refractivity contribution < 1.29 is 8.42 Å². The van der Waals surface area contributed by atoms with E-state index in [1.165, 1.54) is 10.4 Å². The fraction of sp³-hybridized carbons (Fsp3) is 0.389. The Kier molecular flexibility index (Phi) is 4.66. The molecule has 0 radical (unpaired) electrons. The summed E-state index contributed by atoms with van der Waals surface area (Å²) in [5.41, 5.74) is 1.42. The highest BCUT2D eigenvalue weighted by Crippen LogP contribution is 2.24. The van der Waals surface area contributed by atoms with E-state index in [4.69, 9.17) is 0 Å². The second kappa shape index (κ2) is 6.71. The van der Waals surface area contributed by atoms with E-state index < -0.39 is 15.3 Å². The van der Waals surface area contributed by atoms with Crippen LogP contribution in [0.5, 0.6) is 0 Å². The van der Waals surface area contributed by atoms with E-state index in [2.05, 4.69) is 11.9 Å². The van der Waals surface area contributed by atoms with Crippen molar-refractivity contribution >= 4 is 21.1 Å². The summed E-state index contributed by atoms with van der Waals surface area (Å²) >= 11 is 0. The highest BCUT2D eigenvalue weighted by molar-refractivity contribution is 7.91. The van der Waals surface area contributed by atoms with Crippen LogP contribution in [0.15, 0.2) is 48.6 Å². The van der Waals surface area contributed by atoms with Crippen LogP contribution in [0.1, 0.15) is 38.4 Å². The predicted octanol–water partition coefficient (Wildman–Crippen LogP) is 3.83. The number of hydrogen-bond acceptors (Lipinski definition) is 3. The van der Waals surface area contributed by atoms with E-state index in [1.807, 2.05) is 24.3 Å². The molecule has 0 atom stereocenters. The summed E-state index contributed by atoms with van der Waals surface area (Å²) in [5.74, 6) is 0.649. The molecule has 1 heterocycles. The van der Waals surface area contributed by atoms with E-state index in [9.17, 15) is 8.42 Å². The quantitative estimate of drug-likeness (QED) is 0.725. The lowest BCUT2D eigenvalue weighted by atomic mass is 10.1. The van der Waals surface area contributed by atoms with Crippen LogP contribution in [0.2, 0.25) is 0 Å². The Balaban J connectivity index is 2.02. The lowest BCUT2D eigenvalue weighted by Gasteiger charge is -2.13. The topological polar surface area (TPSA) is 52.0 Å². The Morgan fingerprint density at radius 3 is 2.57 bits per heavy atom. The van der Waals surface area contributed by atoms with Crippen molar-refractivity contribution in [1.82, 2.24) is 8.96 Å². The largest absolute Gasteiger partial charge is 0.250 e. The minimum absolute atomic E-state index is 0.602. The zero-order valence-corrected chi connectivity index (χ0v) is 14.2. The maximum atomic E-state index is 13.0. The number of rotatable bonds is 7. The normalized spacial score (nSPS) is 15.0. The van der Waals surface area contributed by atoms with Crippen LogP contribution < -0.4 is 0 Å². The molecule has 2 aromatic rings. The standard InChI is InChI=1S/C18H22N2O2S/c1-2-3-4-5-14-18-19-16-12-8-9-13-17(16)20(18)23(21,22)15-10-6-7-11-15/h6-13,15H,2-5,14H2,1H3. The first-order valence-corrected chi connectivity index (χ1v) is 9.70. The van der Waals surface area contributed by atoms with Crippen molar-refractivity contribution in [2.24, 2.45) is 0 Å². The summed E-state index contributed by atoms with van der Waals surface area (Å²) in [6, 6.07) is 7.45. The number of hydrogen-bond donors (Lipinski definition) is 0. The molecule has 1 aromatic heterocycles. The number of aromatic nitrogens is 2. The Morgan fingerprint density at radius 2 is 1.83 bits per heavy atom. The van der Waals surface area contributed by atoms with E-state index in [0.29, 0.717) is 17.8 Å². The average Bonchev–Trinajstić information content (AvgIpc) is 3.19. The van der Waals surface area contributed by atoms with Gasteiger partial charge in [0.05, 0.1) is 11.0 Å². The van der Waals surface area contributed by atoms with Gasteiger partial charge in [0, 0.05) is 6.42 Å². The van der Waals surface area contributed by atoms with Gasteiger partial charge in [-0.15, -0.1) is 0 Å². The fourth-order valence-electron chi connectivity index (χ4n) is 2.94. The molecule has 3 rings (SSSR count). The van der Waals surface area contributed by atoms with Crippen LogP contribution in [-0.4, -0.2) is 22.6 Å². The molecule has 1 aliphatic carbocycles. The van der Waals surface area contributed by atoms with Gasteiger partial charge in [-0.25, -0.2) is 17.4 Å². The number of aryl methyl sites for hydroxylation is 1. The molecule has 0 spiro atoms. The van der Waals surface area contributed by atoms with Crippen molar-refractivity contribution in [2.75, 3.05) is 0 Å². The van der Waals surface area contributed by atoms with E-state index >= 15 is 0 Å². The molecule has 122 valence electrons. The summed E-state index contributed by atoms with van der Waals surface area (Å²) in [6.07, 6.45) is 12.1.